The van der Waals surface area contributed by atoms with Gasteiger partial charge in [-0.1, -0.05) is 0 Å². The van der Waals surface area contributed by atoms with Gasteiger partial charge in [-0.2, -0.15) is 5.26 Å². The number of pyridine rings is 1. The van der Waals surface area contributed by atoms with E-state index in [0.29, 0.717) is 22.0 Å². The van der Waals surface area contributed by atoms with Crippen LogP contribution in [0.3, 0.4) is 0 Å². The van der Waals surface area contributed by atoms with Crippen LogP contribution in [0.2, 0.25) is 0 Å². The quantitative estimate of drug-likeness (QED) is 0.465. The SMILES string of the molecule is Cc1nc(SCCC(=O)Nc2ccc(S(=O)(=O)Nc3ncccn3)cc2)c(C#N)c(C)c1C. The summed E-state index contributed by atoms with van der Waals surface area (Å²) in [7, 11) is -3.84. The Kier molecular flexibility index (Phi) is 7.63. The lowest BCUT2D eigenvalue weighted by atomic mass is 10.1. The Morgan fingerprint density at radius 1 is 1.09 bits per heavy atom. The molecule has 0 aliphatic rings. The second kappa shape index (κ2) is 10.4. The molecule has 2 heterocycles. The number of carbonyl (C=O) groups is 1. The fraction of sp³-hybridized carbons (Fsp3) is 0.227. The van der Waals surface area contributed by atoms with Gasteiger partial charge in [0.2, 0.25) is 11.9 Å². The lowest BCUT2D eigenvalue weighted by Gasteiger charge is -2.11. The molecule has 0 atom stereocenters. The van der Waals surface area contributed by atoms with Crippen LogP contribution in [-0.4, -0.2) is 35.0 Å². The molecule has 0 unspecified atom stereocenters. The van der Waals surface area contributed by atoms with Gasteiger partial charge in [-0.15, -0.1) is 11.8 Å². The molecule has 0 fully saturated rings. The van der Waals surface area contributed by atoms with Crippen LogP contribution >= 0.6 is 11.8 Å². The number of hydrogen-bond acceptors (Lipinski definition) is 8. The van der Waals surface area contributed by atoms with E-state index < -0.39 is 10.0 Å². The zero-order valence-electron chi connectivity index (χ0n) is 18.3. The Hall–Kier alpha value is -3.49. The average molecular weight is 483 g/mol. The number of thioether (sulfide) groups is 1. The van der Waals surface area contributed by atoms with Crippen LogP contribution in [0.1, 0.15) is 28.8 Å². The second-order valence-electron chi connectivity index (χ2n) is 7.09. The smallest absolute Gasteiger partial charge is 0.264 e. The van der Waals surface area contributed by atoms with Crippen LogP contribution < -0.4 is 10.0 Å². The maximum Gasteiger partial charge on any atom is 0.264 e. The van der Waals surface area contributed by atoms with Gasteiger partial charge in [0.05, 0.1) is 10.5 Å². The van der Waals surface area contributed by atoms with Crippen molar-refractivity contribution in [3.05, 3.63) is 65.1 Å². The number of benzene rings is 1. The minimum absolute atomic E-state index is 0.0173. The van der Waals surface area contributed by atoms with Crippen LogP contribution in [0.15, 0.2) is 52.6 Å². The van der Waals surface area contributed by atoms with E-state index in [1.54, 1.807) is 6.07 Å². The topological polar surface area (TPSA) is 138 Å². The van der Waals surface area contributed by atoms with Gasteiger partial charge in [0, 0.05) is 35.9 Å². The Morgan fingerprint density at radius 3 is 2.39 bits per heavy atom. The molecule has 0 bridgehead atoms. The summed E-state index contributed by atoms with van der Waals surface area (Å²) in [6.45, 7) is 5.72. The van der Waals surface area contributed by atoms with Crippen LogP contribution in [0.4, 0.5) is 11.6 Å². The Bertz CT molecular complexity index is 1300. The molecular formula is C22H22N6O3S2. The molecule has 1 aromatic carbocycles. The standard InChI is InChI=1S/C22H22N6O3S2/c1-14-15(2)19(13-23)21(26-16(14)3)32-12-9-20(29)27-17-5-7-18(8-6-17)33(30,31)28-22-24-10-4-11-25-22/h4-8,10-11H,9,12H2,1-3H3,(H,27,29)(H,24,25,28). The number of nitrogens with zero attached hydrogens (tertiary/aromatic N) is 4. The second-order valence-corrected chi connectivity index (χ2v) is 9.85. The first-order chi connectivity index (χ1) is 15.7. The lowest BCUT2D eigenvalue weighted by Crippen LogP contribution is -2.15. The van der Waals surface area contributed by atoms with E-state index in [2.05, 4.69) is 31.1 Å². The molecule has 0 saturated carbocycles. The van der Waals surface area contributed by atoms with Gasteiger partial charge in [0.25, 0.3) is 10.0 Å². The molecule has 0 aliphatic carbocycles. The molecule has 0 radical (unpaired) electrons. The number of aromatic nitrogens is 3. The van der Waals surface area contributed by atoms with Gasteiger partial charge >= 0.3 is 0 Å². The molecule has 9 nitrogen and oxygen atoms in total. The van der Waals surface area contributed by atoms with E-state index in [1.165, 1.54) is 48.4 Å². The summed E-state index contributed by atoms with van der Waals surface area (Å²) in [5.41, 5.74) is 3.76. The highest BCUT2D eigenvalue weighted by atomic mass is 32.2. The molecule has 2 aromatic heterocycles. The Morgan fingerprint density at radius 2 is 1.76 bits per heavy atom. The normalized spacial score (nSPS) is 11.0. The van der Waals surface area contributed by atoms with Crippen molar-refractivity contribution in [1.82, 2.24) is 15.0 Å². The highest BCUT2D eigenvalue weighted by Gasteiger charge is 2.16. The van der Waals surface area contributed by atoms with Crippen molar-refractivity contribution in [3.8, 4) is 6.07 Å². The number of hydrogen-bond donors (Lipinski definition) is 2. The number of anilines is 2. The van der Waals surface area contributed by atoms with Crippen LogP contribution in [-0.2, 0) is 14.8 Å². The van der Waals surface area contributed by atoms with E-state index in [1.807, 2.05) is 20.8 Å². The first-order valence-electron chi connectivity index (χ1n) is 9.91. The third-order valence-electron chi connectivity index (χ3n) is 4.88. The molecule has 2 N–H and O–H groups in total. The zero-order chi connectivity index (χ0) is 24.0. The van der Waals surface area contributed by atoms with Gasteiger partial charge in [-0.3, -0.25) is 4.79 Å². The van der Waals surface area contributed by atoms with Crippen molar-refractivity contribution in [2.24, 2.45) is 0 Å². The van der Waals surface area contributed by atoms with Crippen LogP contribution in [0, 0.1) is 32.1 Å². The van der Waals surface area contributed by atoms with Gasteiger partial charge in [0.15, 0.2) is 0 Å². The molecule has 0 saturated heterocycles. The summed E-state index contributed by atoms with van der Waals surface area (Å²) in [4.78, 5) is 24.5. The van der Waals surface area contributed by atoms with Crippen molar-refractivity contribution in [3.63, 3.8) is 0 Å². The predicted octanol–water partition coefficient (Wildman–Crippen LogP) is 3.59. The molecule has 3 aromatic rings. The third-order valence-corrected chi connectivity index (χ3v) is 7.20. The van der Waals surface area contributed by atoms with Crippen molar-refractivity contribution in [1.29, 1.82) is 5.26 Å². The van der Waals surface area contributed by atoms with Crippen LogP contribution in [0.5, 0.6) is 0 Å². The largest absolute Gasteiger partial charge is 0.326 e. The first-order valence-corrected chi connectivity index (χ1v) is 12.4. The lowest BCUT2D eigenvalue weighted by molar-refractivity contribution is -0.115. The molecule has 170 valence electrons. The van der Waals surface area contributed by atoms with Gasteiger partial charge in [0.1, 0.15) is 11.1 Å². The maximum atomic E-state index is 12.4. The number of rotatable bonds is 8. The van der Waals surface area contributed by atoms with E-state index >= 15 is 0 Å². The number of carbonyl (C=O) groups excluding carboxylic acids is 1. The summed E-state index contributed by atoms with van der Waals surface area (Å²) < 4.78 is 27.1. The van der Waals surface area contributed by atoms with Gasteiger partial charge in [-0.25, -0.2) is 28.1 Å². The Labute approximate surface area is 196 Å². The molecular weight excluding hydrogens is 460 g/mol. The van der Waals surface area contributed by atoms with E-state index in [4.69, 9.17) is 0 Å². The maximum absolute atomic E-state index is 12.4. The van der Waals surface area contributed by atoms with Crippen molar-refractivity contribution >= 4 is 39.3 Å². The van der Waals surface area contributed by atoms with Gasteiger partial charge < -0.3 is 5.32 Å². The van der Waals surface area contributed by atoms with E-state index in [9.17, 15) is 18.5 Å². The fourth-order valence-corrected chi connectivity index (χ4v) is 4.84. The predicted molar refractivity (Wildman–Crippen MR) is 126 cm³/mol. The number of aryl methyl sites for hydroxylation is 1. The molecule has 33 heavy (non-hydrogen) atoms. The highest BCUT2D eigenvalue weighted by Crippen LogP contribution is 2.27. The summed E-state index contributed by atoms with van der Waals surface area (Å²) in [6, 6.07) is 9.56. The number of nitrogens with one attached hydrogen (secondary N) is 2. The summed E-state index contributed by atoms with van der Waals surface area (Å²) >= 11 is 1.36. The van der Waals surface area contributed by atoms with E-state index in [-0.39, 0.29) is 23.2 Å². The first kappa shape index (κ1) is 24.2. The van der Waals surface area contributed by atoms with Crippen molar-refractivity contribution in [2.75, 3.05) is 15.8 Å². The Balaban J connectivity index is 1.57. The monoisotopic (exact) mass is 482 g/mol. The fourth-order valence-electron chi connectivity index (χ4n) is 2.86. The minimum atomic E-state index is -3.84. The molecule has 1 amide bonds. The summed E-state index contributed by atoms with van der Waals surface area (Å²) in [5, 5.41) is 12.8. The number of sulfonamides is 1. The molecule has 0 aliphatic heterocycles. The molecule has 0 spiro atoms. The van der Waals surface area contributed by atoms with E-state index in [0.717, 1.165) is 16.8 Å². The van der Waals surface area contributed by atoms with Crippen LogP contribution in [0.25, 0.3) is 0 Å². The molecule has 3 rings (SSSR count). The summed E-state index contributed by atoms with van der Waals surface area (Å²) in [5.74, 6) is 0.191. The van der Waals surface area contributed by atoms with Gasteiger partial charge in [-0.05, 0) is 62.2 Å². The zero-order valence-corrected chi connectivity index (χ0v) is 19.9. The summed E-state index contributed by atoms with van der Waals surface area (Å²) in [6.07, 6.45) is 3.07. The van der Waals surface area contributed by atoms with Crippen molar-refractivity contribution in [2.45, 2.75) is 37.1 Å². The minimum Gasteiger partial charge on any atom is -0.326 e. The highest BCUT2D eigenvalue weighted by molar-refractivity contribution is 7.99. The number of amides is 1. The molecule has 11 heteroatoms. The average Bonchev–Trinajstić information content (AvgIpc) is 2.78. The van der Waals surface area contributed by atoms with Crippen molar-refractivity contribution < 1.29 is 13.2 Å². The third kappa shape index (κ3) is 6.06. The number of nitriles is 1.